The number of esters is 1. The Morgan fingerprint density at radius 3 is 2.29 bits per heavy atom. The first-order valence-electron chi connectivity index (χ1n) is 6.22. The zero-order valence-corrected chi connectivity index (χ0v) is 13.9. The fourth-order valence-electron chi connectivity index (χ4n) is 1.36. The third kappa shape index (κ3) is 8.01. The van der Waals surface area contributed by atoms with Gasteiger partial charge in [0, 0.05) is 6.54 Å². The van der Waals surface area contributed by atoms with E-state index >= 15 is 0 Å². The molecule has 0 atom stereocenters. The number of halogens is 1. The van der Waals surface area contributed by atoms with Crippen LogP contribution in [0.3, 0.4) is 0 Å². The summed E-state index contributed by atoms with van der Waals surface area (Å²) in [5, 5.41) is 0. The van der Waals surface area contributed by atoms with Crippen molar-refractivity contribution in [3.8, 4) is 0 Å². The second kappa shape index (κ2) is 8.33. The Kier molecular flexibility index (Phi) is 7.87. The summed E-state index contributed by atoms with van der Waals surface area (Å²) in [6, 6.07) is 7.97. The highest BCUT2D eigenvalue weighted by Crippen LogP contribution is 2.08. The number of nitrogens with one attached hydrogen (secondary N) is 2. The Bertz CT molecular complexity index is 541. The zero-order valence-electron chi connectivity index (χ0n) is 12.3. The lowest BCUT2D eigenvalue weighted by Gasteiger charge is -2.19. The maximum absolute atomic E-state index is 11.8. The van der Waals surface area contributed by atoms with Crippen molar-refractivity contribution in [2.75, 3.05) is 6.54 Å². The van der Waals surface area contributed by atoms with Gasteiger partial charge in [-0.1, -0.05) is 18.2 Å². The number of hydrogen-bond donors (Lipinski definition) is 2. The van der Waals surface area contributed by atoms with Crippen LogP contribution in [0.1, 0.15) is 27.2 Å². The van der Waals surface area contributed by atoms with Crippen molar-refractivity contribution in [3.05, 3.63) is 30.3 Å². The average Bonchev–Trinajstić information content (AvgIpc) is 2.34. The van der Waals surface area contributed by atoms with Crippen LogP contribution in [0.25, 0.3) is 0 Å². The molecule has 8 heteroatoms. The second-order valence-corrected chi connectivity index (χ2v) is 6.86. The van der Waals surface area contributed by atoms with E-state index in [-0.39, 0.29) is 36.2 Å². The van der Waals surface area contributed by atoms with Crippen molar-refractivity contribution in [3.63, 3.8) is 0 Å². The summed E-state index contributed by atoms with van der Waals surface area (Å²) in [6.07, 6.45) is 0.0780. The van der Waals surface area contributed by atoms with E-state index in [2.05, 4.69) is 10.3 Å². The quantitative estimate of drug-likeness (QED) is 0.468. The minimum absolute atomic E-state index is 0. The number of carbonyl (C=O) groups is 1. The van der Waals surface area contributed by atoms with E-state index in [9.17, 15) is 13.2 Å². The van der Waals surface area contributed by atoms with Crippen molar-refractivity contribution in [2.45, 2.75) is 37.7 Å². The molecular weight excluding hydrogens is 316 g/mol. The van der Waals surface area contributed by atoms with Gasteiger partial charge in [0.15, 0.2) is 0 Å². The number of hydrogen-bond acceptors (Lipinski definition) is 5. The molecule has 0 saturated heterocycles. The number of sulfonamides is 1. The standard InChI is InChI=1S/C13H20N2O4S.ClH/c1-13(2,3)19-12(16)9-10-14-15-20(17,18)11-7-5-4-6-8-11;/h4-8,14-15H,9-10H2,1-3H3;1H. The van der Waals surface area contributed by atoms with Crippen molar-refractivity contribution >= 4 is 28.4 Å². The molecule has 0 bridgehead atoms. The molecule has 120 valence electrons. The Hall–Kier alpha value is -1.15. The smallest absolute Gasteiger partial charge is 0.307 e. The van der Waals surface area contributed by atoms with Crippen LogP contribution in [0.2, 0.25) is 0 Å². The van der Waals surface area contributed by atoms with Crippen LogP contribution < -0.4 is 10.3 Å². The van der Waals surface area contributed by atoms with Crippen LogP contribution in [0.5, 0.6) is 0 Å². The summed E-state index contributed by atoms with van der Waals surface area (Å²) in [5.41, 5.74) is 1.96. The summed E-state index contributed by atoms with van der Waals surface area (Å²) < 4.78 is 28.7. The number of hydrazine groups is 1. The lowest BCUT2D eigenvalue weighted by molar-refractivity contribution is -0.154. The molecule has 0 amide bonds. The van der Waals surface area contributed by atoms with Crippen molar-refractivity contribution in [1.29, 1.82) is 0 Å². The van der Waals surface area contributed by atoms with Gasteiger partial charge in [0.05, 0.1) is 11.3 Å². The van der Waals surface area contributed by atoms with Gasteiger partial charge in [0.1, 0.15) is 5.60 Å². The molecule has 1 aromatic rings. The van der Waals surface area contributed by atoms with E-state index in [4.69, 9.17) is 4.74 Å². The van der Waals surface area contributed by atoms with E-state index in [1.807, 2.05) is 0 Å². The molecule has 0 spiro atoms. The van der Waals surface area contributed by atoms with Crippen molar-refractivity contribution < 1.29 is 17.9 Å². The van der Waals surface area contributed by atoms with Gasteiger partial charge >= 0.3 is 5.97 Å². The highest BCUT2D eigenvalue weighted by molar-refractivity contribution is 7.89. The van der Waals surface area contributed by atoms with Crippen LogP contribution >= 0.6 is 12.4 Å². The molecule has 21 heavy (non-hydrogen) atoms. The molecule has 6 nitrogen and oxygen atoms in total. The molecule has 0 heterocycles. The van der Waals surface area contributed by atoms with E-state index in [1.54, 1.807) is 39.0 Å². The van der Waals surface area contributed by atoms with Gasteiger partial charge < -0.3 is 4.74 Å². The average molecular weight is 337 g/mol. The van der Waals surface area contributed by atoms with E-state index in [0.717, 1.165) is 0 Å². The van der Waals surface area contributed by atoms with Crippen LogP contribution in [0.15, 0.2) is 35.2 Å². The molecule has 0 aliphatic heterocycles. The molecule has 0 unspecified atom stereocenters. The maximum Gasteiger partial charge on any atom is 0.307 e. The minimum Gasteiger partial charge on any atom is -0.460 e. The fraction of sp³-hybridized carbons (Fsp3) is 0.462. The summed E-state index contributed by atoms with van der Waals surface area (Å²) in [5.74, 6) is -0.385. The SMILES string of the molecule is CC(C)(C)OC(=O)CCNNS(=O)(=O)c1ccccc1.Cl. The Morgan fingerprint density at radius 1 is 1.19 bits per heavy atom. The summed E-state index contributed by atoms with van der Waals surface area (Å²) in [6.45, 7) is 5.48. The van der Waals surface area contributed by atoms with Crippen LogP contribution in [-0.4, -0.2) is 26.5 Å². The summed E-state index contributed by atoms with van der Waals surface area (Å²) in [7, 11) is -3.61. The van der Waals surface area contributed by atoms with Gasteiger partial charge in [-0.15, -0.1) is 17.2 Å². The first-order chi connectivity index (χ1) is 9.21. The molecule has 0 aliphatic carbocycles. The first-order valence-corrected chi connectivity index (χ1v) is 7.70. The monoisotopic (exact) mass is 336 g/mol. The Morgan fingerprint density at radius 2 is 1.76 bits per heavy atom. The number of benzene rings is 1. The normalized spacial score (nSPS) is 11.6. The van der Waals surface area contributed by atoms with E-state index in [0.29, 0.717) is 0 Å². The highest BCUT2D eigenvalue weighted by atomic mass is 35.5. The van der Waals surface area contributed by atoms with Gasteiger partial charge in [-0.05, 0) is 32.9 Å². The number of rotatable bonds is 6. The zero-order chi connectivity index (χ0) is 15.2. The third-order valence-electron chi connectivity index (χ3n) is 2.13. The molecule has 1 rings (SSSR count). The molecular formula is C13H21ClN2O4S. The minimum atomic E-state index is -3.61. The van der Waals surface area contributed by atoms with Gasteiger partial charge in [-0.25, -0.2) is 13.8 Å². The summed E-state index contributed by atoms with van der Waals surface area (Å²) >= 11 is 0. The Balaban J connectivity index is 0.00000400. The van der Waals surface area contributed by atoms with Crippen LogP contribution in [-0.2, 0) is 19.6 Å². The predicted molar refractivity (Wildman–Crippen MR) is 82.5 cm³/mol. The molecule has 0 aliphatic rings. The Labute approximate surface area is 131 Å². The second-order valence-electron chi connectivity index (χ2n) is 5.18. The fourth-order valence-corrected chi connectivity index (χ4v) is 2.29. The van der Waals surface area contributed by atoms with Crippen molar-refractivity contribution in [2.24, 2.45) is 0 Å². The molecule has 1 aromatic carbocycles. The lowest BCUT2D eigenvalue weighted by Crippen LogP contribution is -2.39. The van der Waals surface area contributed by atoms with Gasteiger partial charge in [-0.3, -0.25) is 4.79 Å². The molecule has 0 saturated carbocycles. The highest BCUT2D eigenvalue weighted by Gasteiger charge is 2.16. The summed E-state index contributed by atoms with van der Waals surface area (Å²) in [4.78, 5) is 13.8. The number of ether oxygens (including phenoxy) is 1. The largest absolute Gasteiger partial charge is 0.460 e. The predicted octanol–water partition coefficient (Wildman–Crippen LogP) is 1.62. The third-order valence-corrected chi connectivity index (χ3v) is 3.44. The lowest BCUT2D eigenvalue weighted by atomic mass is 10.2. The molecule has 0 fully saturated rings. The van der Waals surface area contributed by atoms with Crippen molar-refractivity contribution in [1.82, 2.24) is 10.3 Å². The van der Waals surface area contributed by atoms with Gasteiger partial charge in [0.2, 0.25) is 0 Å². The topological polar surface area (TPSA) is 84.5 Å². The van der Waals surface area contributed by atoms with Gasteiger partial charge in [0.25, 0.3) is 10.0 Å². The molecule has 2 N–H and O–H groups in total. The number of carbonyl (C=O) groups excluding carboxylic acids is 1. The first kappa shape index (κ1) is 19.9. The van der Waals surface area contributed by atoms with Crippen LogP contribution in [0, 0.1) is 0 Å². The van der Waals surface area contributed by atoms with Crippen LogP contribution in [0.4, 0.5) is 0 Å². The molecule has 0 radical (unpaired) electrons. The maximum atomic E-state index is 11.8. The van der Waals surface area contributed by atoms with Gasteiger partial charge in [-0.2, -0.15) is 0 Å². The van der Waals surface area contributed by atoms with E-state index in [1.165, 1.54) is 12.1 Å². The molecule has 0 aromatic heterocycles. The van der Waals surface area contributed by atoms with E-state index < -0.39 is 15.6 Å².